The van der Waals surface area contributed by atoms with Gasteiger partial charge in [-0.15, -0.1) is 0 Å². The van der Waals surface area contributed by atoms with Gasteiger partial charge in [0, 0.05) is 11.6 Å². The van der Waals surface area contributed by atoms with Gasteiger partial charge in [0.1, 0.15) is 28.4 Å². The Balaban J connectivity index is 2.03. The number of phenolic OH excluding ortho intramolecular Hbond substituents is 2. The van der Waals surface area contributed by atoms with Gasteiger partial charge in [-0.2, -0.15) is 0 Å². The zero-order valence-corrected chi connectivity index (χ0v) is 15.8. The Morgan fingerprint density at radius 3 is 2.52 bits per heavy atom. The molecule has 0 bridgehead atoms. The fourth-order valence-electron chi connectivity index (χ4n) is 3.18. The molecular weight excluding hydrogens is 340 g/mol. The van der Waals surface area contributed by atoms with E-state index in [4.69, 9.17) is 4.74 Å². The van der Waals surface area contributed by atoms with Crippen LogP contribution in [-0.2, 0) is 0 Å². The molecule has 0 fully saturated rings. The van der Waals surface area contributed by atoms with Crippen molar-refractivity contribution < 1.29 is 19.7 Å². The predicted octanol–water partition coefficient (Wildman–Crippen LogP) is 5.24. The molecule has 1 heterocycles. The molecule has 0 radical (unpaired) electrons. The van der Waals surface area contributed by atoms with Crippen molar-refractivity contribution in [2.24, 2.45) is 0 Å². The second-order valence-electron chi connectivity index (χ2n) is 7.30. The van der Waals surface area contributed by atoms with Gasteiger partial charge in [-0.1, -0.05) is 42.0 Å². The quantitative estimate of drug-likeness (QED) is 0.562. The van der Waals surface area contributed by atoms with E-state index in [1.807, 2.05) is 32.9 Å². The van der Waals surface area contributed by atoms with Crippen molar-refractivity contribution in [1.82, 2.24) is 0 Å². The molecular formula is C23H24O4. The summed E-state index contributed by atoms with van der Waals surface area (Å²) in [4.78, 5) is 13.0. The highest BCUT2D eigenvalue weighted by atomic mass is 16.5. The molecule has 1 aliphatic rings. The van der Waals surface area contributed by atoms with Crippen molar-refractivity contribution in [3.63, 3.8) is 0 Å². The average Bonchev–Trinajstić information content (AvgIpc) is 2.61. The van der Waals surface area contributed by atoms with Crippen molar-refractivity contribution in [3.05, 3.63) is 70.8 Å². The minimum absolute atomic E-state index is 0.0757. The summed E-state index contributed by atoms with van der Waals surface area (Å²) in [6, 6.07) is 9.92. The highest BCUT2D eigenvalue weighted by molar-refractivity contribution is 6.13. The number of carbonyl (C=O) groups excluding carboxylic acids is 1. The number of carbonyl (C=O) groups is 1. The number of benzene rings is 2. The van der Waals surface area contributed by atoms with Gasteiger partial charge < -0.3 is 14.9 Å². The van der Waals surface area contributed by atoms with Gasteiger partial charge in [-0.25, -0.2) is 0 Å². The fraction of sp³-hybridized carbons (Fsp3) is 0.261. The number of hydrogen-bond acceptors (Lipinski definition) is 4. The van der Waals surface area contributed by atoms with E-state index in [9.17, 15) is 15.0 Å². The largest absolute Gasteiger partial charge is 0.507 e. The minimum Gasteiger partial charge on any atom is -0.507 e. The van der Waals surface area contributed by atoms with E-state index in [0.29, 0.717) is 17.5 Å². The summed E-state index contributed by atoms with van der Waals surface area (Å²) in [6.07, 6.45) is 7.32. The Bertz CT molecular complexity index is 921. The molecule has 0 amide bonds. The Labute approximate surface area is 159 Å². The first-order valence-corrected chi connectivity index (χ1v) is 9.01. The van der Waals surface area contributed by atoms with E-state index < -0.39 is 5.60 Å². The summed E-state index contributed by atoms with van der Waals surface area (Å²) in [5.41, 5.74) is 1.53. The lowest BCUT2D eigenvalue weighted by Gasteiger charge is -2.33. The van der Waals surface area contributed by atoms with Gasteiger partial charge in [-0.3, -0.25) is 4.79 Å². The fourth-order valence-corrected chi connectivity index (χ4v) is 3.18. The summed E-state index contributed by atoms with van der Waals surface area (Å²) in [7, 11) is 0. The molecule has 0 aliphatic carbocycles. The predicted molar refractivity (Wildman–Crippen MR) is 106 cm³/mol. The summed E-state index contributed by atoms with van der Waals surface area (Å²) >= 11 is 0. The molecule has 0 aromatic heterocycles. The maximum Gasteiger partial charge on any atom is 0.200 e. The number of fused-ring (bicyclic) bond motifs is 1. The number of rotatable bonds is 5. The zero-order chi connectivity index (χ0) is 19.6. The number of ether oxygens (including phenoxy) is 1. The third-order valence-electron chi connectivity index (χ3n) is 4.67. The van der Waals surface area contributed by atoms with Gasteiger partial charge in [0.2, 0.25) is 5.78 Å². The lowest BCUT2D eigenvalue weighted by molar-refractivity contribution is 0.100. The standard InChI is InChI=1S/C23H24O4/c1-15(2)8-7-12-23(3)13-11-17-18(24)14-19(25)20(22(17)27-23)21(26)16-9-5-4-6-10-16/h4-6,8-11,13-14,24-25H,7,12H2,1-3H3/t23-/m0/s1. The number of phenols is 2. The van der Waals surface area contributed by atoms with E-state index in [2.05, 4.69) is 6.08 Å². The van der Waals surface area contributed by atoms with Crippen LogP contribution in [-0.4, -0.2) is 21.6 Å². The molecule has 0 saturated heterocycles. The molecule has 140 valence electrons. The second kappa shape index (κ2) is 7.31. The molecule has 27 heavy (non-hydrogen) atoms. The smallest absolute Gasteiger partial charge is 0.200 e. The second-order valence-corrected chi connectivity index (χ2v) is 7.30. The van der Waals surface area contributed by atoms with Crippen molar-refractivity contribution in [2.75, 3.05) is 0 Å². The molecule has 2 N–H and O–H groups in total. The van der Waals surface area contributed by atoms with E-state index >= 15 is 0 Å². The molecule has 2 aromatic rings. The van der Waals surface area contributed by atoms with E-state index in [1.165, 1.54) is 11.6 Å². The number of aromatic hydroxyl groups is 2. The van der Waals surface area contributed by atoms with Gasteiger partial charge in [0.05, 0.1) is 5.56 Å². The Morgan fingerprint density at radius 2 is 1.85 bits per heavy atom. The third kappa shape index (κ3) is 3.90. The molecule has 0 unspecified atom stereocenters. The van der Waals surface area contributed by atoms with Crippen LogP contribution >= 0.6 is 0 Å². The van der Waals surface area contributed by atoms with Crippen LogP contribution in [0.15, 0.2) is 54.1 Å². The van der Waals surface area contributed by atoms with Crippen LogP contribution in [0.3, 0.4) is 0 Å². The summed E-state index contributed by atoms with van der Waals surface area (Å²) in [5, 5.41) is 20.6. The zero-order valence-electron chi connectivity index (χ0n) is 15.8. The molecule has 1 aliphatic heterocycles. The van der Waals surface area contributed by atoms with Crippen LogP contribution in [0, 0.1) is 0 Å². The number of hydrogen-bond donors (Lipinski definition) is 2. The van der Waals surface area contributed by atoms with E-state index in [0.717, 1.165) is 6.42 Å². The van der Waals surface area contributed by atoms with Gasteiger partial charge in [-0.05, 0) is 45.8 Å². The summed E-state index contributed by atoms with van der Waals surface area (Å²) in [6.45, 7) is 6.02. The van der Waals surface area contributed by atoms with Crippen LogP contribution in [0.1, 0.15) is 55.1 Å². The summed E-state index contributed by atoms with van der Waals surface area (Å²) < 4.78 is 6.18. The monoisotopic (exact) mass is 364 g/mol. The molecule has 1 atom stereocenters. The highest BCUT2D eigenvalue weighted by Gasteiger charge is 2.33. The lowest BCUT2D eigenvalue weighted by Crippen LogP contribution is -2.32. The van der Waals surface area contributed by atoms with Crippen molar-refractivity contribution in [2.45, 2.75) is 39.2 Å². The lowest BCUT2D eigenvalue weighted by atomic mass is 9.91. The Hall–Kier alpha value is -3.01. The van der Waals surface area contributed by atoms with Crippen LogP contribution < -0.4 is 4.74 Å². The van der Waals surface area contributed by atoms with Crippen LogP contribution in [0.25, 0.3) is 6.08 Å². The highest BCUT2D eigenvalue weighted by Crippen LogP contribution is 2.45. The maximum atomic E-state index is 13.0. The van der Waals surface area contributed by atoms with Crippen molar-refractivity contribution in [1.29, 1.82) is 0 Å². The SMILES string of the molecule is CC(C)=CCC[C@@]1(C)C=Cc2c(O)cc(O)c(C(=O)c3ccccc3)c2O1. The van der Waals surface area contributed by atoms with Gasteiger partial charge in [0.15, 0.2) is 0 Å². The van der Waals surface area contributed by atoms with Gasteiger partial charge in [0.25, 0.3) is 0 Å². The first-order chi connectivity index (χ1) is 12.8. The normalized spacial score (nSPS) is 17.7. The molecule has 4 heteroatoms. The van der Waals surface area contributed by atoms with Crippen LogP contribution in [0.4, 0.5) is 0 Å². The number of ketones is 1. The first-order valence-electron chi connectivity index (χ1n) is 9.01. The van der Waals surface area contributed by atoms with Crippen molar-refractivity contribution >= 4 is 11.9 Å². The minimum atomic E-state index is -0.634. The van der Waals surface area contributed by atoms with E-state index in [-0.39, 0.29) is 28.6 Å². The Morgan fingerprint density at radius 1 is 1.15 bits per heavy atom. The molecule has 4 nitrogen and oxygen atoms in total. The average molecular weight is 364 g/mol. The molecule has 0 saturated carbocycles. The number of allylic oxidation sites excluding steroid dienone is 2. The van der Waals surface area contributed by atoms with E-state index in [1.54, 1.807) is 30.3 Å². The Kier molecular flexibility index (Phi) is 5.08. The van der Waals surface area contributed by atoms with Crippen molar-refractivity contribution in [3.8, 4) is 17.2 Å². The summed E-state index contributed by atoms with van der Waals surface area (Å²) in [5.74, 6) is -0.522. The van der Waals surface area contributed by atoms with Crippen LogP contribution in [0.2, 0.25) is 0 Å². The third-order valence-corrected chi connectivity index (χ3v) is 4.67. The van der Waals surface area contributed by atoms with Gasteiger partial charge >= 0.3 is 0 Å². The molecule has 2 aromatic carbocycles. The maximum absolute atomic E-state index is 13.0. The van der Waals surface area contributed by atoms with Crippen LogP contribution in [0.5, 0.6) is 17.2 Å². The molecule has 0 spiro atoms. The first kappa shape index (κ1) is 18.8. The molecule has 3 rings (SSSR count). The topological polar surface area (TPSA) is 66.8 Å².